The van der Waals surface area contributed by atoms with Gasteiger partial charge in [0, 0.05) is 30.4 Å². The molecule has 0 amide bonds. The summed E-state index contributed by atoms with van der Waals surface area (Å²) in [5, 5.41) is 15.1. The summed E-state index contributed by atoms with van der Waals surface area (Å²) in [5.41, 5.74) is 9.95. The number of hydrazone groups is 1. The Morgan fingerprint density at radius 2 is 2.23 bits per heavy atom. The quantitative estimate of drug-likeness (QED) is 0.328. The lowest BCUT2D eigenvalue weighted by atomic mass is 10.0. The maximum Gasteiger partial charge on any atom is 0.186 e. The third-order valence-electron chi connectivity index (χ3n) is 4.19. The van der Waals surface area contributed by atoms with Crippen molar-refractivity contribution in [1.29, 1.82) is 0 Å². The Hall–Kier alpha value is -3.33. The number of aromatic nitrogens is 5. The fourth-order valence-corrected chi connectivity index (χ4v) is 2.86. The van der Waals surface area contributed by atoms with Gasteiger partial charge in [-0.15, -0.1) is 0 Å². The predicted octanol–water partition coefficient (Wildman–Crippen LogP) is 2.02. The van der Waals surface area contributed by atoms with Crippen molar-refractivity contribution in [2.45, 2.75) is 0 Å². The van der Waals surface area contributed by atoms with Gasteiger partial charge in [0.15, 0.2) is 5.11 Å². The zero-order chi connectivity index (χ0) is 18.3. The predicted molar refractivity (Wildman–Crippen MR) is 106 cm³/mol. The number of aromatic amines is 1. The van der Waals surface area contributed by atoms with Gasteiger partial charge in [0.05, 0.1) is 47.4 Å². The van der Waals surface area contributed by atoms with Crippen LogP contribution in [0.3, 0.4) is 0 Å². The molecule has 3 heterocycles. The van der Waals surface area contributed by atoms with E-state index in [1.54, 1.807) is 32.0 Å². The lowest BCUT2D eigenvalue weighted by Crippen LogP contribution is -2.27. The fourth-order valence-electron chi connectivity index (χ4n) is 2.81. The van der Waals surface area contributed by atoms with Crippen molar-refractivity contribution in [3.05, 3.63) is 42.5 Å². The van der Waals surface area contributed by atoms with E-state index in [9.17, 15) is 0 Å². The van der Waals surface area contributed by atoms with Crippen LogP contribution in [0.2, 0.25) is 0 Å². The summed E-state index contributed by atoms with van der Waals surface area (Å²) in [6, 6.07) is 5.93. The highest BCUT2D eigenvalue weighted by Crippen LogP contribution is 2.28. The number of rotatable bonds is 3. The molecule has 0 atom stereocenters. The number of nitrogens with two attached hydrogens (primary N) is 1. The second-order valence-electron chi connectivity index (χ2n) is 5.89. The van der Waals surface area contributed by atoms with Crippen LogP contribution in [0.25, 0.3) is 33.2 Å². The van der Waals surface area contributed by atoms with Crippen LogP contribution >= 0.6 is 12.2 Å². The first-order valence-electron chi connectivity index (χ1n) is 7.85. The van der Waals surface area contributed by atoms with Crippen molar-refractivity contribution < 1.29 is 0 Å². The summed E-state index contributed by atoms with van der Waals surface area (Å²) in [7, 11) is 3.64. The molecule has 26 heavy (non-hydrogen) atoms. The van der Waals surface area contributed by atoms with Gasteiger partial charge < -0.3 is 10.3 Å². The number of hydrogen-bond acceptors (Lipinski definition) is 5. The molecular weight excluding hydrogens is 348 g/mol. The molecular formula is C17H16N8S. The van der Waals surface area contributed by atoms with E-state index in [0.717, 1.165) is 38.8 Å². The average molecular weight is 364 g/mol. The minimum atomic E-state index is 0.193. The molecule has 0 saturated heterocycles. The molecule has 9 heteroatoms. The van der Waals surface area contributed by atoms with Crippen molar-refractivity contribution in [3.8, 4) is 11.4 Å². The molecule has 4 aromatic rings. The summed E-state index contributed by atoms with van der Waals surface area (Å²) in [6.07, 6.45) is 7.04. The lowest BCUT2D eigenvalue weighted by Gasteiger charge is -2.11. The van der Waals surface area contributed by atoms with Crippen LogP contribution in [-0.4, -0.2) is 48.1 Å². The number of nitrogens with one attached hydrogen (secondary N) is 1. The van der Waals surface area contributed by atoms with E-state index in [0.29, 0.717) is 0 Å². The van der Waals surface area contributed by atoms with E-state index in [2.05, 4.69) is 20.3 Å². The molecule has 1 aromatic carbocycles. The SMILES string of the molecule is CN(/N=C/c1cc(-c2cncn2C)nc2ccc3cn[nH]c3c12)C(N)=S. The molecule has 130 valence electrons. The molecule has 0 fully saturated rings. The van der Waals surface area contributed by atoms with Crippen LogP contribution in [0.15, 0.2) is 42.0 Å². The fraction of sp³-hybridized carbons (Fsp3) is 0.118. The highest BCUT2D eigenvalue weighted by molar-refractivity contribution is 7.80. The van der Waals surface area contributed by atoms with Crippen molar-refractivity contribution >= 4 is 45.4 Å². The van der Waals surface area contributed by atoms with Gasteiger partial charge in [0.25, 0.3) is 0 Å². The number of benzene rings is 1. The van der Waals surface area contributed by atoms with Crippen molar-refractivity contribution in [1.82, 2.24) is 29.7 Å². The van der Waals surface area contributed by atoms with Gasteiger partial charge in [0.1, 0.15) is 0 Å². The first-order chi connectivity index (χ1) is 12.5. The zero-order valence-corrected chi connectivity index (χ0v) is 15.0. The Kier molecular flexibility index (Phi) is 3.85. The Bertz CT molecular complexity index is 1160. The van der Waals surface area contributed by atoms with Crippen LogP contribution < -0.4 is 5.73 Å². The number of hydrogen-bond donors (Lipinski definition) is 2. The number of fused-ring (bicyclic) bond motifs is 3. The molecule has 0 unspecified atom stereocenters. The topological polar surface area (TPSA) is 101 Å². The van der Waals surface area contributed by atoms with Gasteiger partial charge in [-0.25, -0.2) is 15.0 Å². The van der Waals surface area contributed by atoms with Gasteiger partial charge in [-0.3, -0.25) is 5.10 Å². The van der Waals surface area contributed by atoms with Gasteiger partial charge in [0.2, 0.25) is 0 Å². The van der Waals surface area contributed by atoms with Crippen LogP contribution in [0.4, 0.5) is 0 Å². The molecule has 3 aromatic heterocycles. The minimum absolute atomic E-state index is 0.193. The summed E-state index contributed by atoms with van der Waals surface area (Å²) < 4.78 is 1.92. The standard InChI is InChI=1S/C17H16N8S/c1-24-9-19-8-14(24)13-5-11(7-21-25(2)17(18)26)15-12(22-13)4-3-10-6-20-23-16(10)15/h3-9H,1-2H3,(H2,18,26)(H,20,23)/b21-7+. The van der Waals surface area contributed by atoms with Gasteiger partial charge in [-0.2, -0.15) is 10.2 Å². The van der Waals surface area contributed by atoms with E-state index in [1.165, 1.54) is 5.01 Å². The summed E-state index contributed by atoms with van der Waals surface area (Å²) >= 11 is 4.95. The first kappa shape index (κ1) is 16.2. The van der Waals surface area contributed by atoms with Crippen LogP contribution in [-0.2, 0) is 7.05 Å². The number of nitrogens with zero attached hydrogens (tertiary/aromatic N) is 6. The van der Waals surface area contributed by atoms with E-state index in [-0.39, 0.29) is 5.11 Å². The second-order valence-corrected chi connectivity index (χ2v) is 6.31. The number of aryl methyl sites for hydroxylation is 1. The summed E-state index contributed by atoms with van der Waals surface area (Å²) in [6.45, 7) is 0. The third-order valence-corrected chi connectivity index (χ3v) is 4.45. The maximum atomic E-state index is 5.62. The first-order valence-corrected chi connectivity index (χ1v) is 8.26. The highest BCUT2D eigenvalue weighted by atomic mass is 32.1. The molecule has 0 saturated carbocycles. The van der Waals surface area contributed by atoms with Crippen LogP contribution in [0.5, 0.6) is 0 Å². The summed E-state index contributed by atoms with van der Waals surface area (Å²) in [4.78, 5) is 8.97. The highest BCUT2D eigenvalue weighted by Gasteiger charge is 2.13. The Morgan fingerprint density at radius 1 is 1.38 bits per heavy atom. The van der Waals surface area contributed by atoms with Crippen LogP contribution in [0, 0.1) is 0 Å². The maximum absolute atomic E-state index is 5.62. The molecule has 0 aliphatic heterocycles. The summed E-state index contributed by atoms with van der Waals surface area (Å²) in [5.74, 6) is 0. The van der Waals surface area contributed by atoms with Gasteiger partial charge in [-0.1, -0.05) is 0 Å². The minimum Gasteiger partial charge on any atom is -0.375 e. The van der Waals surface area contributed by atoms with E-state index in [4.69, 9.17) is 22.9 Å². The number of pyridine rings is 1. The largest absolute Gasteiger partial charge is 0.375 e. The van der Waals surface area contributed by atoms with E-state index < -0.39 is 0 Å². The third kappa shape index (κ3) is 2.68. The number of imidazole rings is 1. The van der Waals surface area contributed by atoms with Crippen molar-refractivity contribution in [2.75, 3.05) is 7.05 Å². The van der Waals surface area contributed by atoms with Crippen molar-refractivity contribution in [3.63, 3.8) is 0 Å². The lowest BCUT2D eigenvalue weighted by molar-refractivity contribution is 0.552. The molecule has 3 N–H and O–H groups in total. The smallest absolute Gasteiger partial charge is 0.186 e. The Balaban J connectivity index is 1.99. The van der Waals surface area contributed by atoms with Gasteiger partial charge >= 0.3 is 0 Å². The molecule has 0 radical (unpaired) electrons. The number of H-pyrrole nitrogens is 1. The molecule has 4 rings (SSSR count). The zero-order valence-electron chi connectivity index (χ0n) is 14.2. The molecule has 0 spiro atoms. The average Bonchev–Trinajstić information content (AvgIpc) is 3.27. The Labute approximate surface area is 154 Å². The van der Waals surface area contributed by atoms with E-state index in [1.807, 2.05) is 29.8 Å². The van der Waals surface area contributed by atoms with Crippen LogP contribution in [0.1, 0.15) is 5.56 Å². The normalized spacial score (nSPS) is 11.6. The molecule has 0 aliphatic carbocycles. The molecule has 0 aliphatic rings. The number of thiocarbonyl (C=S) groups is 1. The molecule has 0 bridgehead atoms. The monoisotopic (exact) mass is 364 g/mol. The van der Waals surface area contributed by atoms with Crippen molar-refractivity contribution in [2.24, 2.45) is 17.9 Å². The van der Waals surface area contributed by atoms with Gasteiger partial charge in [-0.05, 0) is 30.4 Å². The second kappa shape index (κ2) is 6.19. The molecule has 8 nitrogen and oxygen atoms in total. The Morgan fingerprint density at radius 3 is 2.96 bits per heavy atom. The van der Waals surface area contributed by atoms with E-state index >= 15 is 0 Å².